The molecular formula is C20H20O7. The lowest BCUT2D eigenvalue weighted by Crippen LogP contribution is -2.21. The Balaban J connectivity index is 1.89. The molecule has 0 aliphatic carbocycles. The minimum absolute atomic E-state index is 0.0357. The lowest BCUT2D eigenvalue weighted by Gasteiger charge is -2.26. The minimum atomic E-state index is -0.726. The van der Waals surface area contributed by atoms with Crippen LogP contribution in [0.25, 0.3) is 0 Å². The first-order valence-electron chi connectivity index (χ1n) is 8.43. The smallest absolute Gasteiger partial charge is 0.504 e. The number of aromatic hydroxyl groups is 1. The van der Waals surface area contributed by atoms with E-state index in [2.05, 4.69) is 4.74 Å². The van der Waals surface area contributed by atoms with Crippen LogP contribution in [0, 0.1) is 0 Å². The largest absolute Gasteiger partial charge is 0.507 e. The van der Waals surface area contributed by atoms with Gasteiger partial charge in [0.25, 0.3) is 0 Å². The molecule has 0 fully saturated rings. The van der Waals surface area contributed by atoms with Gasteiger partial charge in [-0.1, -0.05) is 18.2 Å². The monoisotopic (exact) mass is 372 g/mol. The maximum atomic E-state index is 12.0. The van der Waals surface area contributed by atoms with Crippen LogP contribution in [-0.4, -0.2) is 38.1 Å². The van der Waals surface area contributed by atoms with E-state index in [9.17, 15) is 14.7 Å². The Morgan fingerprint density at radius 3 is 2.78 bits per heavy atom. The van der Waals surface area contributed by atoms with Gasteiger partial charge >= 0.3 is 12.1 Å². The second-order valence-corrected chi connectivity index (χ2v) is 6.09. The molecule has 27 heavy (non-hydrogen) atoms. The first-order chi connectivity index (χ1) is 13.0. The number of hydrogen-bond donors (Lipinski definition) is 1. The zero-order valence-corrected chi connectivity index (χ0v) is 15.1. The van der Waals surface area contributed by atoms with Crippen molar-refractivity contribution in [1.82, 2.24) is 0 Å². The molecule has 1 unspecified atom stereocenters. The summed E-state index contributed by atoms with van der Waals surface area (Å²) in [6.07, 6.45) is -0.0405. The van der Waals surface area contributed by atoms with Crippen LogP contribution in [0.1, 0.15) is 29.0 Å². The highest BCUT2D eigenvalue weighted by Gasteiger charge is 2.29. The normalized spacial score (nSPS) is 15.5. The van der Waals surface area contributed by atoms with Crippen molar-refractivity contribution < 1.29 is 33.6 Å². The number of carbonyl (C=O) groups is 2. The van der Waals surface area contributed by atoms with E-state index in [0.717, 1.165) is 16.7 Å². The summed E-state index contributed by atoms with van der Waals surface area (Å²) in [7, 11) is 2.73. The summed E-state index contributed by atoms with van der Waals surface area (Å²) in [4.78, 5) is 23.1. The van der Waals surface area contributed by atoms with Gasteiger partial charge in [-0.15, -0.1) is 0 Å². The van der Waals surface area contributed by atoms with Crippen LogP contribution in [0.15, 0.2) is 36.4 Å². The number of methoxy groups -OCH3 is 2. The zero-order chi connectivity index (χ0) is 19.4. The molecular weight excluding hydrogens is 352 g/mol. The molecule has 0 bridgehead atoms. The summed E-state index contributed by atoms with van der Waals surface area (Å²) in [5.41, 5.74) is 2.63. The summed E-state index contributed by atoms with van der Waals surface area (Å²) < 4.78 is 19.9. The zero-order valence-electron chi connectivity index (χ0n) is 15.1. The lowest BCUT2D eigenvalue weighted by molar-refractivity contribution is -0.135. The van der Waals surface area contributed by atoms with E-state index in [-0.39, 0.29) is 30.7 Å². The highest BCUT2D eigenvalue weighted by molar-refractivity contribution is 5.78. The van der Waals surface area contributed by atoms with Crippen LogP contribution in [0.4, 0.5) is 4.79 Å². The van der Waals surface area contributed by atoms with Crippen molar-refractivity contribution in [3.63, 3.8) is 0 Å². The fraction of sp³-hybridized carbons (Fsp3) is 0.300. The van der Waals surface area contributed by atoms with Gasteiger partial charge in [0.1, 0.15) is 5.75 Å². The number of phenolic OH excluding ortho intramolecular Hbond substituents is 1. The summed E-state index contributed by atoms with van der Waals surface area (Å²) in [6, 6.07) is 10.5. The molecule has 2 aromatic carbocycles. The summed E-state index contributed by atoms with van der Waals surface area (Å²) >= 11 is 0. The van der Waals surface area contributed by atoms with E-state index in [4.69, 9.17) is 14.2 Å². The molecule has 1 heterocycles. The van der Waals surface area contributed by atoms with Crippen molar-refractivity contribution in [2.75, 3.05) is 20.8 Å². The number of ether oxygens (including phenoxy) is 4. The average molecular weight is 372 g/mol. The second kappa shape index (κ2) is 7.99. The molecule has 0 aromatic heterocycles. The maximum absolute atomic E-state index is 12.0. The number of phenols is 1. The SMILES string of the molecule is COC(=O)OCCc1ccc2c(c1)C(c1ccc(O)c(OC)c1)CC(=O)O2. The Labute approximate surface area is 156 Å². The van der Waals surface area contributed by atoms with Crippen molar-refractivity contribution in [2.45, 2.75) is 18.8 Å². The Hall–Kier alpha value is -3.22. The fourth-order valence-corrected chi connectivity index (χ4v) is 3.08. The molecule has 0 saturated carbocycles. The average Bonchev–Trinajstić information content (AvgIpc) is 2.67. The summed E-state index contributed by atoms with van der Waals surface area (Å²) in [5, 5.41) is 9.82. The molecule has 1 aliphatic heterocycles. The topological polar surface area (TPSA) is 91.3 Å². The highest BCUT2D eigenvalue weighted by Crippen LogP contribution is 2.41. The molecule has 0 spiro atoms. The van der Waals surface area contributed by atoms with Crippen LogP contribution in [0.2, 0.25) is 0 Å². The molecule has 0 radical (unpaired) electrons. The predicted molar refractivity (Wildman–Crippen MR) is 95.3 cm³/mol. The van der Waals surface area contributed by atoms with Gasteiger partial charge in [0, 0.05) is 17.9 Å². The third-order valence-corrected chi connectivity index (χ3v) is 4.43. The highest BCUT2D eigenvalue weighted by atomic mass is 16.7. The van der Waals surface area contributed by atoms with Crippen LogP contribution in [0.5, 0.6) is 17.2 Å². The van der Waals surface area contributed by atoms with E-state index in [1.807, 2.05) is 12.1 Å². The van der Waals surface area contributed by atoms with Gasteiger partial charge in [-0.3, -0.25) is 4.79 Å². The lowest BCUT2D eigenvalue weighted by atomic mass is 9.85. The van der Waals surface area contributed by atoms with Crippen molar-refractivity contribution in [2.24, 2.45) is 0 Å². The molecule has 2 aromatic rings. The van der Waals surface area contributed by atoms with Gasteiger partial charge in [-0.25, -0.2) is 4.79 Å². The molecule has 3 rings (SSSR count). The quantitative estimate of drug-likeness (QED) is 0.637. The fourth-order valence-electron chi connectivity index (χ4n) is 3.08. The van der Waals surface area contributed by atoms with Crippen molar-refractivity contribution >= 4 is 12.1 Å². The van der Waals surface area contributed by atoms with E-state index in [1.54, 1.807) is 24.3 Å². The Morgan fingerprint density at radius 1 is 1.22 bits per heavy atom. The Bertz CT molecular complexity index is 859. The molecule has 142 valence electrons. The van der Waals surface area contributed by atoms with Gasteiger partial charge < -0.3 is 24.1 Å². The standard InChI is InChI=1S/C20H20O7/c1-24-18-10-13(4-5-16(18)21)14-11-19(22)27-17-6-3-12(9-15(14)17)7-8-26-20(23)25-2/h3-6,9-10,14,21H,7-8,11H2,1-2H3. The minimum Gasteiger partial charge on any atom is -0.504 e. The number of rotatable bonds is 5. The van der Waals surface area contributed by atoms with Crippen LogP contribution < -0.4 is 9.47 Å². The van der Waals surface area contributed by atoms with E-state index in [1.165, 1.54) is 14.2 Å². The molecule has 1 atom stereocenters. The van der Waals surface area contributed by atoms with Crippen LogP contribution in [-0.2, 0) is 20.7 Å². The van der Waals surface area contributed by atoms with E-state index < -0.39 is 6.16 Å². The number of fused-ring (bicyclic) bond motifs is 1. The Morgan fingerprint density at radius 2 is 2.04 bits per heavy atom. The summed E-state index contributed by atoms with van der Waals surface area (Å²) in [5.74, 6) is 0.337. The Kier molecular flexibility index (Phi) is 5.49. The van der Waals surface area contributed by atoms with Crippen molar-refractivity contribution in [1.29, 1.82) is 0 Å². The molecule has 7 nitrogen and oxygen atoms in total. The summed E-state index contributed by atoms with van der Waals surface area (Å²) in [6.45, 7) is 0.183. The third kappa shape index (κ3) is 4.13. The van der Waals surface area contributed by atoms with Crippen LogP contribution >= 0.6 is 0 Å². The van der Waals surface area contributed by atoms with E-state index in [0.29, 0.717) is 17.9 Å². The van der Waals surface area contributed by atoms with Crippen LogP contribution in [0.3, 0.4) is 0 Å². The molecule has 1 aliphatic rings. The van der Waals surface area contributed by atoms with Gasteiger partial charge in [0.05, 0.1) is 27.2 Å². The maximum Gasteiger partial charge on any atom is 0.507 e. The van der Waals surface area contributed by atoms with Gasteiger partial charge in [0.15, 0.2) is 11.5 Å². The van der Waals surface area contributed by atoms with Gasteiger partial charge in [-0.05, 0) is 29.3 Å². The molecule has 1 N–H and O–H groups in total. The van der Waals surface area contributed by atoms with Crippen molar-refractivity contribution in [3.05, 3.63) is 53.1 Å². The molecule has 0 amide bonds. The van der Waals surface area contributed by atoms with Crippen molar-refractivity contribution in [3.8, 4) is 17.2 Å². The molecule has 7 heteroatoms. The first-order valence-corrected chi connectivity index (χ1v) is 8.43. The number of hydrogen-bond acceptors (Lipinski definition) is 7. The number of carbonyl (C=O) groups excluding carboxylic acids is 2. The van der Waals surface area contributed by atoms with Gasteiger partial charge in [0.2, 0.25) is 0 Å². The first kappa shape index (κ1) is 18.6. The second-order valence-electron chi connectivity index (χ2n) is 6.09. The number of esters is 1. The number of benzene rings is 2. The molecule has 0 saturated heterocycles. The third-order valence-electron chi connectivity index (χ3n) is 4.43. The predicted octanol–water partition coefficient (Wildman–Crippen LogP) is 3.17. The van der Waals surface area contributed by atoms with Gasteiger partial charge in [-0.2, -0.15) is 0 Å². The van der Waals surface area contributed by atoms with E-state index >= 15 is 0 Å².